The van der Waals surface area contributed by atoms with Crippen LogP contribution in [-0.4, -0.2) is 26.0 Å². The molecule has 0 aromatic heterocycles. The van der Waals surface area contributed by atoms with Crippen molar-refractivity contribution in [2.75, 3.05) is 17.2 Å². The Morgan fingerprint density at radius 1 is 1.47 bits per heavy atom. The molecule has 0 spiro atoms. The van der Waals surface area contributed by atoms with E-state index >= 15 is 0 Å². The number of hydrogen-bond acceptors (Lipinski definition) is 4. The van der Waals surface area contributed by atoms with Crippen molar-refractivity contribution in [2.45, 2.75) is 31.2 Å². The average Bonchev–Trinajstić information content (AvgIpc) is 2.32. The molecule has 0 saturated carbocycles. The Morgan fingerprint density at radius 3 is 2.79 bits per heavy atom. The minimum atomic E-state index is -3.56. The van der Waals surface area contributed by atoms with Crippen LogP contribution in [0.2, 0.25) is 0 Å². The summed E-state index contributed by atoms with van der Waals surface area (Å²) < 4.78 is 27.8. The highest BCUT2D eigenvalue weighted by molar-refractivity contribution is 9.10. The van der Waals surface area contributed by atoms with Crippen molar-refractivity contribution in [1.82, 2.24) is 4.72 Å². The lowest BCUT2D eigenvalue weighted by Crippen LogP contribution is -2.33. The zero-order valence-electron chi connectivity index (χ0n) is 11.0. The molecule has 0 fully saturated rings. The number of thioether (sulfide) groups is 1. The molecule has 0 bridgehead atoms. The second-order valence-electron chi connectivity index (χ2n) is 4.19. The molecular formula is C12H19BrN2O2S2. The Balaban J connectivity index is 2.78. The third-order valence-corrected chi connectivity index (χ3v) is 5.59. The molecule has 3 N–H and O–H groups in total. The molecule has 1 aromatic carbocycles. The molecule has 1 aromatic rings. The summed E-state index contributed by atoms with van der Waals surface area (Å²) in [6, 6.07) is 4.71. The van der Waals surface area contributed by atoms with Gasteiger partial charge in [-0.15, -0.1) is 0 Å². The third-order valence-electron chi connectivity index (χ3n) is 2.52. The van der Waals surface area contributed by atoms with E-state index in [-0.39, 0.29) is 16.6 Å². The average molecular weight is 367 g/mol. The number of nitrogen functional groups attached to an aromatic ring is 1. The number of sulfonamides is 1. The van der Waals surface area contributed by atoms with Gasteiger partial charge in [0.25, 0.3) is 0 Å². The van der Waals surface area contributed by atoms with Crippen molar-refractivity contribution in [1.29, 1.82) is 0 Å². The molecule has 0 aliphatic rings. The van der Waals surface area contributed by atoms with Gasteiger partial charge in [0.2, 0.25) is 10.0 Å². The lowest BCUT2D eigenvalue weighted by atomic mass is 10.3. The maximum atomic E-state index is 12.2. The van der Waals surface area contributed by atoms with Gasteiger partial charge in [-0.05, 0) is 43.0 Å². The second-order valence-corrected chi connectivity index (χ2v) is 8.18. The maximum absolute atomic E-state index is 12.2. The van der Waals surface area contributed by atoms with Crippen LogP contribution in [0.25, 0.3) is 0 Å². The van der Waals surface area contributed by atoms with Crippen molar-refractivity contribution in [3.8, 4) is 0 Å². The van der Waals surface area contributed by atoms with Crippen molar-refractivity contribution in [2.24, 2.45) is 0 Å². The van der Waals surface area contributed by atoms with E-state index in [0.29, 0.717) is 4.47 Å². The van der Waals surface area contributed by atoms with Crippen LogP contribution < -0.4 is 10.5 Å². The van der Waals surface area contributed by atoms with Gasteiger partial charge in [0.15, 0.2) is 0 Å². The summed E-state index contributed by atoms with van der Waals surface area (Å²) in [5.41, 5.74) is 5.98. The van der Waals surface area contributed by atoms with Crippen molar-refractivity contribution in [3.63, 3.8) is 0 Å². The smallest absolute Gasteiger partial charge is 0.242 e. The van der Waals surface area contributed by atoms with E-state index < -0.39 is 10.0 Å². The van der Waals surface area contributed by atoms with Crippen LogP contribution in [0.1, 0.15) is 20.3 Å². The highest BCUT2D eigenvalue weighted by atomic mass is 79.9. The Kier molecular flexibility index (Phi) is 6.65. The summed E-state index contributed by atoms with van der Waals surface area (Å²) in [5, 5.41) is 0. The summed E-state index contributed by atoms with van der Waals surface area (Å²) in [5.74, 6) is 1.98. The summed E-state index contributed by atoms with van der Waals surface area (Å²) in [6.45, 7) is 3.95. The van der Waals surface area contributed by atoms with E-state index in [1.165, 1.54) is 6.07 Å². The zero-order valence-corrected chi connectivity index (χ0v) is 14.2. The second kappa shape index (κ2) is 7.52. The summed E-state index contributed by atoms with van der Waals surface area (Å²) in [4.78, 5) is 0.122. The lowest BCUT2D eigenvalue weighted by Gasteiger charge is -2.15. The normalized spacial score (nSPS) is 13.4. The van der Waals surface area contributed by atoms with Gasteiger partial charge in [-0.25, -0.2) is 13.1 Å². The Labute approximate surface area is 127 Å². The van der Waals surface area contributed by atoms with Gasteiger partial charge in [-0.2, -0.15) is 11.8 Å². The van der Waals surface area contributed by atoms with Gasteiger partial charge in [0.1, 0.15) is 4.90 Å². The SMILES string of the molecule is CCSCCC(C)NS(=O)(=O)c1cc(Br)ccc1N. The van der Waals surface area contributed by atoms with E-state index in [2.05, 4.69) is 27.6 Å². The minimum absolute atomic E-state index is 0.109. The number of anilines is 1. The number of nitrogens with two attached hydrogens (primary N) is 1. The molecule has 1 unspecified atom stereocenters. The first-order valence-corrected chi connectivity index (χ1v) is 9.45. The Hall–Kier alpha value is -0.240. The van der Waals surface area contributed by atoms with Crippen LogP contribution in [0.15, 0.2) is 27.6 Å². The molecule has 108 valence electrons. The number of hydrogen-bond donors (Lipinski definition) is 2. The summed E-state index contributed by atoms with van der Waals surface area (Å²) in [7, 11) is -3.56. The third kappa shape index (κ3) is 5.33. The maximum Gasteiger partial charge on any atom is 0.242 e. The van der Waals surface area contributed by atoms with Gasteiger partial charge >= 0.3 is 0 Å². The van der Waals surface area contributed by atoms with Crippen LogP contribution in [0.4, 0.5) is 5.69 Å². The van der Waals surface area contributed by atoms with E-state index in [0.717, 1.165) is 17.9 Å². The molecule has 0 heterocycles. The first-order valence-electron chi connectivity index (χ1n) is 6.02. The van der Waals surface area contributed by atoms with E-state index in [1.807, 2.05) is 6.92 Å². The summed E-state index contributed by atoms with van der Waals surface area (Å²) in [6.07, 6.45) is 0.797. The van der Waals surface area contributed by atoms with E-state index in [9.17, 15) is 8.42 Å². The lowest BCUT2D eigenvalue weighted by molar-refractivity contribution is 0.557. The fourth-order valence-corrected chi connectivity index (χ4v) is 4.29. The minimum Gasteiger partial charge on any atom is -0.398 e. The summed E-state index contributed by atoms with van der Waals surface area (Å²) >= 11 is 5.05. The molecule has 0 aliphatic carbocycles. The quantitative estimate of drug-likeness (QED) is 0.574. The van der Waals surface area contributed by atoms with Gasteiger partial charge < -0.3 is 5.73 Å². The first-order chi connectivity index (χ1) is 8.86. The molecule has 4 nitrogen and oxygen atoms in total. The largest absolute Gasteiger partial charge is 0.398 e. The molecule has 1 rings (SSSR count). The van der Waals surface area contributed by atoms with E-state index in [4.69, 9.17) is 5.73 Å². The number of halogens is 1. The topological polar surface area (TPSA) is 72.2 Å². The molecule has 1 atom stereocenters. The molecule has 19 heavy (non-hydrogen) atoms. The van der Waals surface area contributed by atoms with Gasteiger partial charge in [0.05, 0.1) is 5.69 Å². The molecule has 7 heteroatoms. The molecule has 0 aliphatic heterocycles. The van der Waals surface area contributed by atoms with Crippen molar-refractivity contribution < 1.29 is 8.42 Å². The Bertz CT molecular complexity index is 520. The van der Waals surface area contributed by atoms with Crippen LogP contribution in [0.5, 0.6) is 0 Å². The van der Waals surface area contributed by atoms with Gasteiger partial charge in [0, 0.05) is 10.5 Å². The number of benzene rings is 1. The standard InChI is InChI=1S/C12H19BrN2O2S2/c1-3-18-7-6-9(2)15-19(16,17)12-8-10(13)4-5-11(12)14/h4-5,8-9,15H,3,6-7,14H2,1-2H3. The predicted octanol–water partition coefficient (Wildman–Crippen LogP) is 2.84. The molecule has 0 amide bonds. The van der Waals surface area contributed by atoms with Crippen LogP contribution in [-0.2, 0) is 10.0 Å². The van der Waals surface area contributed by atoms with Crippen LogP contribution in [0, 0.1) is 0 Å². The number of rotatable bonds is 7. The highest BCUT2D eigenvalue weighted by Crippen LogP contribution is 2.23. The number of nitrogens with one attached hydrogen (secondary N) is 1. The first kappa shape index (κ1) is 16.8. The van der Waals surface area contributed by atoms with Crippen LogP contribution >= 0.6 is 27.7 Å². The van der Waals surface area contributed by atoms with Crippen molar-refractivity contribution >= 4 is 43.4 Å². The Morgan fingerprint density at radius 2 is 2.16 bits per heavy atom. The van der Waals surface area contributed by atoms with Crippen molar-refractivity contribution in [3.05, 3.63) is 22.7 Å². The van der Waals surface area contributed by atoms with E-state index in [1.54, 1.807) is 23.9 Å². The van der Waals surface area contributed by atoms with Gasteiger partial charge in [-0.1, -0.05) is 22.9 Å². The fraction of sp³-hybridized carbons (Fsp3) is 0.500. The monoisotopic (exact) mass is 366 g/mol. The van der Waals surface area contributed by atoms with Crippen LogP contribution in [0.3, 0.4) is 0 Å². The zero-order chi connectivity index (χ0) is 14.5. The fourth-order valence-electron chi connectivity index (χ4n) is 1.53. The van der Waals surface area contributed by atoms with Gasteiger partial charge in [-0.3, -0.25) is 0 Å². The predicted molar refractivity (Wildman–Crippen MR) is 86.0 cm³/mol. The molecule has 0 radical (unpaired) electrons. The molecular weight excluding hydrogens is 348 g/mol. The molecule has 0 saturated heterocycles. The highest BCUT2D eigenvalue weighted by Gasteiger charge is 2.20.